The van der Waals surface area contributed by atoms with Gasteiger partial charge in [0, 0.05) is 11.4 Å². The third kappa shape index (κ3) is 3.25. The first kappa shape index (κ1) is 15.3. The number of amides is 1. The third-order valence-electron chi connectivity index (χ3n) is 4.40. The maximum Gasteiger partial charge on any atom is 0.267 e. The lowest BCUT2D eigenvalue weighted by molar-refractivity contribution is -0.902. The number of nitrogens with zero attached hydrogens (tertiary/aromatic N) is 2. The summed E-state index contributed by atoms with van der Waals surface area (Å²) in [6.45, 7) is 6.93. The summed E-state index contributed by atoms with van der Waals surface area (Å²) >= 11 is 5.89. The Bertz CT molecular complexity index is 565. The van der Waals surface area contributed by atoms with Crippen molar-refractivity contribution in [1.29, 1.82) is 0 Å². The van der Waals surface area contributed by atoms with Crippen molar-refractivity contribution in [2.75, 3.05) is 32.7 Å². The van der Waals surface area contributed by atoms with Crippen molar-refractivity contribution in [3.63, 3.8) is 0 Å². The van der Waals surface area contributed by atoms with Crippen molar-refractivity contribution in [1.82, 2.24) is 4.90 Å². The molecule has 6 heteroatoms. The first-order valence-corrected chi connectivity index (χ1v) is 8.16. The Morgan fingerprint density at radius 3 is 2.68 bits per heavy atom. The van der Waals surface area contributed by atoms with E-state index in [4.69, 9.17) is 16.4 Å². The molecule has 0 bridgehead atoms. The standard InChI is InChI=1S/C16H20ClN3O2/c1-2-19-7-9-20(10-8-19)16(21)15-11-14(18-22-15)12-3-5-13(17)6-4-12/h3-6,15H,2,7-11H2,1H3/p+1/t15-/m1/s1. The van der Waals surface area contributed by atoms with Gasteiger partial charge in [0.05, 0.1) is 38.4 Å². The second-order valence-corrected chi connectivity index (χ2v) is 6.21. The van der Waals surface area contributed by atoms with Crippen LogP contribution in [-0.4, -0.2) is 55.3 Å². The molecule has 2 aliphatic heterocycles. The quantitative estimate of drug-likeness (QED) is 0.885. The Balaban J connectivity index is 1.57. The van der Waals surface area contributed by atoms with Crippen LogP contribution in [0.2, 0.25) is 5.02 Å². The second-order valence-electron chi connectivity index (χ2n) is 5.77. The van der Waals surface area contributed by atoms with Gasteiger partial charge >= 0.3 is 0 Å². The maximum atomic E-state index is 12.5. The van der Waals surface area contributed by atoms with Gasteiger partial charge in [-0.1, -0.05) is 28.9 Å². The van der Waals surface area contributed by atoms with Crippen LogP contribution in [0.5, 0.6) is 0 Å². The molecule has 1 aromatic rings. The van der Waals surface area contributed by atoms with Crippen LogP contribution < -0.4 is 4.90 Å². The van der Waals surface area contributed by atoms with Crippen LogP contribution in [-0.2, 0) is 9.63 Å². The van der Waals surface area contributed by atoms with Gasteiger partial charge in [0.15, 0.2) is 0 Å². The van der Waals surface area contributed by atoms with E-state index < -0.39 is 6.10 Å². The van der Waals surface area contributed by atoms with Crippen molar-refractivity contribution >= 4 is 23.2 Å². The van der Waals surface area contributed by atoms with E-state index in [-0.39, 0.29) is 5.91 Å². The number of benzene rings is 1. The highest BCUT2D eigenvalue weighted by Gasteiger charge is 2.34. The zero-order valence-corrected chi connectivity index (χ0v) is 13.5. The summed E-state index contributed by atoms with van der Waals surface area (Å²) < 4.78 is 0. The van der Waals surface area contributed by atoms with Crippen LogP contribution in [0, 0.1) is 0 Å². The molecule has 1 N–H and O–H groups in total. The summed E-state index contributed by atoms with van der Waals surface area (Å²) in [4.78, 5) is 21.4. The predicted octanol–water partition coefficient (Wildman–Crippen LogP) is 0.580. The van der Waals surface area contributed by atoms with E-state index in [0.29, 0.717) is 11.4 Å². The molecule has 0 aromatic heterocycles. The Morgan fingerprint density at radius 1 is 1.36 bits per heavy atom. The summed E-state index contributed by atoms with van der Waals surface area (Å²) in [7, 11) is 0. The minimum Gasteiger partial charge on any atom is -0.382 e. The number of oxime groups is 1. The van der Waals surface area contributed by atoms with Gasteiger partial charge in [0.2, 0.25) is 6.10 Å². The number of carbonyl (C=O) groups excluding carboxylic acids is 1. The minimum atomic E-state index is -0.478. The van der Waals surface area contributed by atoms with Crippen LogP contribution in [0.25, 0.3) is 0 Å². The molecule has 1 atom stereocenters. The van der Waals surface area contributed by atoms with Gasteiger partial charge in [-0.25, -0.2) is 0 Å². The van der Waals surface area contributed by atoms with Gasteiger partial charge in [-0.05, 0) is 24.6 Å². The number of piperazine rings is 1. The number of hydrogen-bond donors (Lipinski definition) is 1. The minimum absolute atomic E-state index is 0.0582. The summed E-state index contributed by atoms with van der Waals surface area (Å²) in [5, 5.41) is 4.77. The first-order valence-electron chi connectivity index (χ1n) is 7.78. The van der Waals surface area contributed by atoms with Crippen molar-refractivity contribution in [2.45, 2.75) is 19.4 Å². The van der Waals surface area contributed by atoms with Crippen molar-refractivity contribution in [3.8, 4) is 0 Å². The number of likely N-dealkylation sites (N-methyl/N-ethyl adjacent to an activating group) is 1. The molecule has 2 heterocycles. The fourth-order valence-electron chi connectivity index (χ4n) is 2.92. The van der Waals surface area contributed by atoms with Gasteiger partial charge in [-0.2, -0.15) is 0 Å². The van der Waals surface area contributed by atoms with Gasteiger partial charge < -0.3 is 14.6 Å². The Kier molecular flexibility index (Phi) is 4.64. The lowest BCUT2D eigenvalue weighted by Gasteiger charge is -2.32. The molecule has 0 spiro atoms. The Hall–Kier alpha value is -1.59. The van der Waals surface area contributed by atoms with Gasteiger partial charge in [-0.15, -0.1) is 0 Å². The van der Waals surface area contributed by atoms with E-state index in [1.54, 1.807) is 4.90 Å². The highest BCUT2D eigenvalue weighted by Crippen LogP contribution is 2.20. The van der Waals surface area contributed by atoms with Crippen LogP contribution in [0.1, 0.15) is 18.9 Å². The predicted molar refractivity (Wildman–Crippen MR) is 85.3 cm³/mol. The summed E-state index contributed by atoms with van der Waals surface area (Å²) in [6, 6.07) is 7.45. The fraction of sp³-hybridized carbons (Fsp3) is 0.500. The van der Waals surface area contributed by atoms with Crippen LogP contribution in [0.3, 0.4) is 0 Å². The lowest BCUT2D eigenvalue weighted by Crippen LogP contribution is -3.14. The van der Waals surface area contributed by atoms with Gasteiger partial charge in [0.1, 0.15) is 0 Å². The number of halogens is 1. The number of rotatable bonds is 3. The largest absolute Gasteiger partial charge is 0.382 e. The zero-order valence-electron chi connectivity index (χ0n) is 12.7. The monoisotopic (exact) mass is 322 g/mol. The molecule has 3 rings (SSSR count). The summed E-state index contributed by atoms with van der Waals surface area (Å²) in [5.74, 6) is 0.0582. The summed E-state index contributed by atoms with van der Waals surface area (Å²) in [5.41, 5.74) is 1.77. The van der Waals surface area contributed by atoms with E-state index in [0.717, 1.165) is 44.0 Å². The molecule has 0 saturated carbocycles. The molecular weight excluding hydrogens is 302 g/mol. The molecule has 2 aliphatic rings. The number of hydrogen-bond acceptors (Lipinski definition) is 3. The molecule has 118 valence electrons. The fourth-order valence-corrected chi connectivity index (χ4v) is 3.05. The molecule has 0 aliphatic carbocycles. The second kappa shape index (κ2) is 6.67. The molecule has 0 radical (unpaired) electrons. The van der Waals surface area contributed by atoms with E-state index in [1.807, 2.05) is 29.2 Å². The Morgan fingerprint density at radius 2 is 2.05 bits per heavy atom. The molecule has 1 fully saturated rings. The zero-order chi connectivity index (χ0) is 15.5. The van der Waals surface area contributed by atoms with E-state index in [2.05, 4.69) is 12.1 Å². The first-order chi connectivity index (χ1) is 10.7. The van der Waals surface area contributed by atoms with Crippen LogP contribution in [0.4, 0.5) is 0 Å². The van der Waals surface area contributed by atoms with Gasteiger partial charge in [0.25, 0.3) is 5.91 Å². The highest BCUT2D eigenvalue weighted by molar-refractivity contribution is 6.30. The Labute approximate surface area is 135 Å². The average molecular weight is 323 g/mol. The van der Waals surface area contributed by atoms with E-state index in [9.17, 15) is 4.79 Å². The maximum absolute atomic E-state index is 12.5. The summed E-state index contributed by atoms with van der Waals surface area (Å²) in [6.07, 6.45) is 0.0512. The van der Waals surface area contributed by atoms with E-state index in [1.165, 1.54) is 0 Å². The van der Waals surface area contributed by atoms with Gasteiger partial charge in [-0.3, -0.25) is 4.79 Å². The number of carbonyl (C=O) groups is 1. The third-order valence-corrected chi connectivity index (χ3v) is 4.66. The highest BCUT2D eigenvalue weighted by atomic mass is 35.5. The smallest absolute Gasteiger partial charge is 0.267 e. The topological polar surface area (TPSA) is 46.3 Å². The lowest BCUT2D eigenvalue weighted by atomic mass is 10.0. The van der Waals surface area contributed by atoms with E-state index >= 15 is 0 Å². The molecule has 0 unspecified atom stereocenters. The molecule has 1 saturated heterocycles. The number of quaternary nitrogens is 1. The SMILES string of the molecule is CC[NH+]1CCN(C(=O)[C@H]2CC(c3ccc(Cl)cc3)=NO2)CC1. The van der Waals surface area contributed by atoms with Crippen molar-refractivity contribution < 1.29 is 14.5 Å². The van der Waals surface area contributed by atoms with Crippen LogP contribution >= 0.6 is 11.6 Å². The normalized spacial score (nSPS) is 22.4. The van der Waals surface area contributed by atoms with Crippen molar-refractivity contribution in [3.05, 3.63) is 34.9 Å². The average Bonchev–Trinajstić information content (AvgIpc) is 3.05. The molecule has 5 nitrogen and oxygen atoms in total. The van der Waals surface area contributed by atoms with Crippen LogP contribution in [0.15, 0.2) is 29.4 Å². The van der Waals surface area contributed by atoms with Crippen molar-refractivity contribution in [2.24, 2.45) is 5.16 Å². The molecular formula is C16H21ClN3O2+. The molecule has 1 amide bonds. The molecule has 1 aromatic carbocycles. The number of nitrogens with one attached hydrogen (secondary N) is 1. The molecule has 22 heavy (non-hydrogen) atoms.